The zero-order chi connectivity index (χ0) is 15.0. The number of nitrogens with zero attached hydrogens (tertiary/aromatic N) is 1. The van der Waals surface area contributed by atoms with Gasteiger partial charge in [-0.25, -0.2) is 0 Å². The lowest BCUT2D eigenvalue weighted by molar-refractivity contribution is -0.142. The first-order valence-electron chi connectivity index (χ1n) is 7.18. The van der Waals surface area contributed by atoms with Crippen LogP contribution in [0.25, 0.3) is 0 Å². The Morgan fingerprint density at radius 1 is 1.45 bits per heavy atom. The molecule has 116 valence electrons. The molecule has 0 aliphatic carbocycles. The van der Waals surface area contributed by atoms with Crippen molar-refractivity contribution >= 4 is 23.6 Å². The number of hydrogen-bond donors (Lipinski definition) is 1. The molecule has 1 amide bonds. The van der Waals surface area contributed by atoms with Gasteiger partial charge in [0.15, 0.2) is 0 Å². The van der Waals surface area contributed by atoms with Crippen molar-refractivity contribution in [2.24, 2.45) is 5.92 Å². The van der Waals surface area contributed by atoms with Gasteiger partial charge in [0.2, 0.25) is 5.91 Å². The van der Waals surface area contributed by atoms with Crippen LogP contribution < -0.4 is 5.32 Å². The number of amides is 1. The van der Waals surface area contributed by atoms with Gasteiger partial charge in [-0.15, -0.1) is 0 Å². The smallest absolute Gasteiger partial charge is 0.307 e. The van der Waals surface area contributed by atoms with Gasteiger partial charge < -0.3 is 15.0 Å². The summed E-state index contributed by atoms with van der Waals surface area (Å²) < 4.78 is 4.64. The fraction of sp³-hybridized carbons (Fsp3) is 0.857. The first-order valence-corrected chi connectivity index (χ1v) is 8.34. The van der Waals surface area contributed by atoms with Gasteiger partial charge in [0.05, 0.1) is 13.5 Å². The van der Waals surface area contributed by atoms with Crippen molar-refractivity contribution in [1.29, 1.82) is 0 Å². The topological polar surface area (TPSA) is 58.6 Å². The summed E-state index contributed by atoms with van der Waals surface area (Å²) in [7, 11) is 1.38. The van der Waals surface area contributed by atoms with E-state index < -0.39 is 0 Å². The fourth-order valence-corrected chi connectivity index (χ4v) is 3.13. The molecular weight excluding hydrogens is 276 g/mol. The van der Waals surface area contributed by atoms with Crippen LogP contribution in [0.1, 0.15) is 26.7 Å². The molecule has 1 aliphatic rings. The molecule has 1 fully saturated rings. The van der Waals surface area contributed by atoms with Crippen molar-refractivity contribution in [3.63, 3.8) is 0 Å². The van der Waals surface area contributed by atoms with E-state index in [0.717, 1.165) is 18.1 Å². The lowest BCUT2D eigenvalue weighted by atomic mass is 10.1. The molecule has 0 bridgehead atoms. The predicted molar refractivity (Wildman–Crippen MR) is 81.8 cm³/mol. The van der Waals surface area contributed by atoms with Crippen LogP contribution in [0.4, 0.5) is 0 Å². The Hall–Kier alpha value is -0.750. The summed E-state index contributed by atoms with van der Waals surface area (Å²) in [6.07, 6.45) is 0.780. The van der Waals surface area contributed by atoms with Gasteiger partial charge in [0.25, 0.3) is 0 Å². The molecule has 20 heavy (non-hydrogen) atoms. The quantitative estimate of drug-likeness (QED) is 0.715. The lowest BCUT2D eigenvalue weighted by Crippen LogP contribution is -2.44. The Bertz CT molecular complexity index is 318. The molecular formula is C14H26N2O3S. The van der Waals surface area contributed by atoms with E-state index in [2.05, 4.69) is 23.9 Å². The van der Waals surface area contributed by atoms with E-state index in [-0.39, 0.29) is 24.3 Å². The minimum Gasteiger partial charge on any atom is -0.469 e. The van der Waals surface area contributed by atoms with Crippen LogP contribution in [0.5, 0.6) is 0 Å². The first-order chi connectivity index (χ1) is 9.52. The van der Waals surface area contributed by atoms with E-state index in [1.54, 1.807) is 4.90 Å². The van der Waals surface area contributed by atoms with Crippen molar-refractivity contribution in [2.45, 2.75) is 32.7 Å². The molecule has 1 atom stereocenters. The van der Waals surface area contributed by atoms with Gasteiger partial charge >= 0.3 is 5.97 Å². The number of carbonyl (C=O) groups is 2. The highest BCUT2D eigenvalue weighted by Gasteiger charge is 2.22. The normalized spacial score (nSPS) is 18.9. The van der Waals surface area contributed by atoms with Crippen LogP contribution in [0.3, 0.4) is 0 Å². The third-order valence-electron chi connectivity index (χ3n) is 3.17. The molecule has 1 rings (SSSR count). The molecule has 1 heterocycles. The second-order valence-electron chi connectivity index (χ2n) is 5.49. The molecule has 1 N–H and O–H groups in total. The van der Waals surface area contributed by atoms with Crippen molar-refractivity contribution < 1.29 is 14.3 Å². The zero-order valence-electron chi connectivity index (χ0n) is 12.7. The molecule has 0 aromatic carbocycles. The minimum atomic E-state index is -0.266. The standard InChI is InChI=1S/C14H26N2O3S/c1-11(2)9-16(6-4-14(18)19-3)13(17)8-12-10-20-7-5-15-12/h11-12,15H,4-10H2,1-3H3. The molecule has 0 spiro atoms. The zero-order valence-corrected chi connectivity index (χ0v) is 13.5. The summed E-state index contributed by atoms with van der Waals surface area (Å²) in [6.45, 7) is 6.26. The summed E-state index contributed by atoms with van der Waals surface area (Å²) in [5.41, 5.74) is 0. The number of thioether (sulfide) groups is 1. The molecule has 1 aliphatic heterocycles. The highest BCUT2D eigenvalue weighted by molar-refractivity contribution is 7.99. The van der Waals surface area contributed by atoms with Crippen LogP contribution in [-0.2, 0) is 14.3 Å². The molecule has 5 nitrogen and oxygen atoms in total. The molecule has 0 aromatic heterocycles. The Morgan fingerprint density at radius 2 is 2.20 bits per heavy atom. The highest BCUT2D eigenvalue weighted by atomic mass is 32.2. The number of rotatable bonds is 7. The summed E-state index contributed by atoms with van der Waals surface area (Å²) in [4.78, 5) is 25.4. The maximum absolute atomic E-state index is 12.4. The molecule has 0 aromatic rings. The fourth-order valence-electron chi connectivity index (χ4n) is 2.18. The van der Waals surface area contributed by atoms with Gasteiger partial charge in [0.1, 0.15) is 0 Å². The third kappa shape index (κ3) is 6.61. The number of ether oxygens (including phenoxy) is 1. The second-order valence-corrected chi connectivity index (χ2v) is 6.64. The van der Waals surface area contributed by atoms with Crippen molar-refractivity contribution in [3.8, 4) is 0 Å². The van der Waals surface area contributed by atoms with E-state index in [4.69, 9.17) is 0 Å². The highest BCUT2D eigenvalue weighted by Crippen LogP contribution is 2.12. The molecule has 0 radical (unpaired) electrons. The van der Waals surface area contributed by atoms with E-state index in [1.165, 1.54) is 7.11 Å². The Kier molecular flexibility index (Phi) is 7.99. The Labute approximate surface area is 125 Å². The van der Waals surface area contributed by atoms with E-state index in [1.807, 2.05) is 11.8 Å². The number of esters is 1. The SMILES string of the molecule is COC(=O)CCN(CC(C)C)C(=O)CC1CSCCN1. The van der Waals surface area contributed by atoms with E-state index in [9.17, 15) is 9.59 Å². The van der Waals surface area contributed by atoms with Gasteiger partial charge in [-0.3, -0.25) is 9.59 Å². The van der Waals surface area contributed by atoms with Crippen LogP contribution in [0.2, 0.25) is 0 Å². The molecule has 1 saturated heterocycles. The van der Waals surface area contributed by atoms with Gasteiger partial charge in [-0.2, -0.15) is 11.8 Å². The Balaban J connectivity index is 2.47. The maximum Gasteiger partial charge on any atom is 0.307 e. The first kappa shape index (κ1) is 17.3. The van der Waals surface area contributed by atoms with Gasteiger partial charge in [-0.05, 0) is 5.92 Å². The van der Waals surface area contributed by atoms with E-state index >= 15 is 0 Å². The van der Waals surface area contributed by atoms with Crippen molar-refractivity contribution in [2.75, 3.05) is 38.2 Å². The lowest BCUT2D eigenvalue weighted by Gasteiger charge is -2.28. The number of methoxy groups -OCH3 is 1. The number of hydrogen-bond acceptors (Lipinski definition) is 5. The van der Waals surface area contributed by atoms with E-state index in [0.29, 0.717) is 25.4 Å². The second kappa shape index (κ2) is 9.23. The minimum absolute atomic E-state index is 0.127. The third-order valence-corrected chi connectivity index (χ3v) is 4.30. The van der Waals surface area contributed by atoms with Gasteiger partial charge in [-0.1, -0.05) is 13.8 Å². The molecule has 1 unspecified atom stereocenters. The van der Waals surface area contributed by atoms with Crippen LogP contribution in [0, 0.1) is 5.92 Å². The van der Waals surface area contributed by atoms with Crippen LogP contribution >= 0.6 is 11.8 Å². The average Bonchev–Trinajstić information content (AvgIpc) is 2.43. The Morgan fingerprint density at radius 3 is 2.75 bits per heavy atom. The van der Waals surface area contributed by atoms with Gasteiger partial charge in [0, 0.05) is 43.6 Å². The van der Waals surface area contributed by atoms with Crippen molar-refractivity contribution in [1.82, 2.24) is 10.2 Å². The van der Waals surface area contributed by atoms with Crippen LogP contribution in [0.15, 0.2) is 0 Å². The number of carbonyl (C=O) groups excluding carboxylic acids is 2. The number of nitrogens with one attached hydrogen (secondary N) is 1. The molecule has 6 heteroatoms. The van der Waals surface area contributed by atoms with Crippen molar-refractivity contribution in [3.05, 3.63) is 0 Å². The summed E-state index contributed by atoms with van der Waals surface area (Å²) in [6, 6.07) is 0.258. The maximum atomic E-state index is 12.4. The monoisotopic (exact) mass is 302 g/mol. The predicted octanol–water partition coefficient (Wildman–Crippen LogP) is 1.13. The summed E-state index contributed by atoms with van der Waals surface area (Å²) >= 11 is 1.89. The largest absolute Gasteiger partial charge is 0.469 e. The average molecular weight is 302 g/mol. The van der Waals surface area contributed by atoms with Crippen LogP contribution in [-0.4, -0.2) is 61.1 Å². The summed E-state index contributed by atoms with van der Waals surface area (Å²) in [5.74, 6) is 2.35. The molecule has 0 saturated carbocycles. The summed E-state index contributed by atoms with van der Waals surface area (Å²) in [5, 5.41) is 3.37.